The summed E-state index contributed by atoms with van der Waals surface area (Å²) in [6, 6.07) is 15.4. The lowest BCUT2D eigenvalue weighted by Crippen LogP contribution is -2.01. The highest BCUT2D eigenvalue weighted by Gasteiger charge is 2.09. The van der Waals surface area contributed by atoms with Gasteiger partial charge in [-0.2, -0.15) is 0 Å². The second kappa shape index (κ2) is 9.11. The van der Waals surface area contributed by atoms with E-state index in [1.165, 1.54) is 18.5 Å². The minimum atomic E-state index is 0.684. The van der Waals surface area contributed by atoms with E-state index in [0.29, 0.717) is 5.82 Å². The lowest BCUT2D eigenvalue weighted by molar-refractivity contribution is 0.416. The van der Waals surface area contributed by atoms with Crippen molar-refractivity contribution in [2.24, 2.45) is 0 Å². The molecule has 0 aliphatic heterocycles. The van der Waals surface area contributed by atoms with E-state index in [0.717, 1.165) is 34.1 Å². The molecule has 0 amide bonds. The van der Waals surface area contributed by atoms with Gasteiger partial charge in [-0.1, -0.05) is 12.1 Å². The fraction of sp³-hybridized carbons (Fsp3) is 0.158. The number of aromatic nitrogens is 2. The van der Waals surface area contributed by atoms with E-state index >= 15 is 0 Å². The van der Waals surface area contributed by atoms with Crippen molar-refractivity contribution >= 4 is 29.3 Å². The van der Waals surface area contributed by atoms with E-state index in [4.69, 9.17) is 9.47 Å². The molecule has 27 heavy (non-hydrogen) atoms. The summed E-state index contributed by atoms with van der Waals surface area (Å²) in [6.45, 7) is 0. The Morgan fingerprint density at radius 2 is 1.74 bits per heavy atom. The predicted octanol–water partition coefficient (Wildman–Crippen LogP) is 4.10. The Labute approximate surface area is 162 Å². The summed E-state index contributed by atoms with van der Waals surface area (Å²) >= 11 is 1.36. The predicted molar refractivity (Wildman–Crippen MR) is 111 cm³/mol. The van der Waals surface area contributed by atoms with Gasteiger partial charge in [-0.3, -0.25) is 0 Å². The van der Waals surface area contributed by atoms with Gasteiger partial charge in [0.15, 0.2) is 0 Å². The molecule has 0 aliphatic carbocycles. The highest BCUT2D eigenvalue weighted by atomic mass is 32.2. The monoisotopic (exact) mass is 383 g/mol. The quantitative estimate of drug-likeness (QED) is 0.502. The number of hydrogen-bond donors (Lipinski definition) is 3. The highest BCUT2D eigenvalue weighted by Crippen LogP contribution is 2.32. The van der Waals surface area contributed by atoms with Crippen molar-refractivity contribution in [3.63, 3.8) is 0 Å². The minimum absolute atomic E-state index is 0.684. The molecule has 0 unspecified atom stereocenters. The number of para-hydroxylation sites is 1. The van der Waals surface area contributed by atoms with Crippen LogP contribution in [-0.4, -0.2) is 31.2 Å². The van der Waals surface area contributed by atoms with Gasteiger partial charge in [0.05, 0.1) is 25.6 Å². The summed E-state index contributed by atoms with van der Waals surface area (Å²) in [5.74, 6) is 2.20. The number of ether oxygens (including phenoxy) is 2. The van der Waals surface area contributed by atoms with E-state index in [9.17, 15) is 0 Å². The lowest BCUT2D eigenvalue weighted by atomic mass is 10.1. The Morgan fingerprint density at radius 1 is 0.926 bits per heavy atom. The molecule has 0 bridgehead atoms. The first kappa shape index (κ1) is 18.8. The Bertz CT molecular complexity index is 907. The zero-order chi connectivity index (χ0) is 19.1. The summed E-state index contributed by atoms with van der Waals surface area (Å²) in [7, 11) is 5.13. The largest absolute Gasteiger partial charge is 0.496 e. The number of anilines is 3. The zero-order valence-electron chi connectivity index (χ0n) is 15.3. The van der Waals surface area contributed by atoms with Gasteiger partial charge in [0.25, 0.3) is 0 Å². The van der Waals surface area contributed by atoms with Crippen LogP contribution in [0.2, 0.25) is 0 Å². The summed E-state index contributed by atoms with van der Waals surface area (Å²) in [5, 5.41) is 3.30. The normalized spacial score (nSPS) is 10.3. The summed E-state index contributed by atoms with van der Waals surface area (Å²) in [6.07, 6.45) is 1.53. The molecular weight excluding hydrogens is 362 g/mol. The van der Waals surface area contributed by atoms with Gasteiger partial charge in [-0.15, -0.1) is 0 Å². The Morgan fingerprint density at radius 3 is 2.52 bits per heavy atom. The van der Waals surface area contributed by atoms with E-state index in [1.54, 1.807) is 14.2 Å². The van der Waals surface area contributed by atoms with Gasteiger partial charge < -0.3 is 19.5 Å². The number of methoxy groups -OCH3 is 2. The number of rotatable bonds is 8. The van der Waals surface area contributed by atoms with Gasteiger partial charge in [0.2, 0.25) is 0 Å². The molecule has 0 radical (unpaired) electrons. The third-order valence-corrected chi connectivity index (χ3v) is 4.31. The van der Waals surface area contributed by atoms with E-state index in [2.05, 4.69) is 24.7 Å². The van der Waals surface area contributed by atoms with Crippen molar-refractivity contribution in [3.05, 3.63) is 54.9 Å². The van der Waals surface area contributed by atoms with Crippen molar-refractivity contribution in [1.29, 1.82) is 0 Å². The van der Waals surface area contributed by atoms with Crippen LogP contribution in [0, 0.1) is 0 Å². The van der Waals surface area contributed by atoms with Crippen LogP contribution in [0.25, 0.3) is 11.3 Å². The van der Waals surface area contributed by atoms with Crippen molar-refractivity contribution in [2.45, 2.75) is 0 Å². The smallest absolute Gasteiger partial charge is 0.142 e. The zero-order valence-corrected chi connectivity index (χ0v) is 16.1. The van der Waals surface area contributed by atoms with Gasteiger partial charge in [0, 0.05) is 29.5 Å². The molecule has 140 valence electrons. The topological polar surface area (TPSA) is 80.3 Å². The SMILES string of the molecule is CNSNc1cc(Nc2cc(-c3ccccc3OC)ncn2)ccc1OC. The Kier molecular flexibility index (Phi) is 6.35. The first-order valence-electron chi connectivity index (χ1n) is 8.24. The molecule has 7 nitrogen and oxygen atoms in total. The molecule has 0 spiro atoms. The highest BCUT2D eigenvalue weighted by molar-refractivity contribution is 7.98. The van der Waals surface area contributed by atoms with Crippen molar-refractivity contribution in [3.8, 4) is 22.8 Å². The second-order valence-electron chi connectivity index (χ2n) is 5.44. The molecule has 3 rings (SSSR count). The van der Waals surface area contributed by atoms with Crippen LogP contribution in [0.1, 0.15) is 0 Å². The molecule has 0 fully saturated rings. The standard InChI is InChI=1S/C19H21N5O2S/c1-20-27-24-16-10-13(8-9-18(16)26-3)23-19-11-15(21-12-22-19)14-6-4-5-7-17(14)25-2/h4-12,20,24H,1-3H3,(H,21,22,23). The van der Waals surface area contributed by atoms with E-state index < -0.39 is 0 Å². The summed E-state index contributed by atoms with van der Waals surface area (Å²) < 4.78 is 17.0. The number of nitrogens with one attached hydrogen (secondary N) is 3. The van der Waals surface area contributed by atoms with Crippen molar-refractivity contribution in [1.82, 2.24) is 14.7 Å². The van der Waals surface area contributed by atoms with Gasteiger partial charge in [0.1, 0.15) is 23.6 Å². The van der Waals surface area contributed by atoms with Gasteiger partial charge in [-0.05, 0) is 37.4 Å². The summed E-state index contributed by atoms with van der Waals surface area (Å²) in [5.41, 5.74) is 3.41. The maximum atomic E-state index is 5.43. The van der Waals surface area contributed by atoms with Crippen LogP contribution < -0.4 is 24.2 Å². The van der Waals surface area contributed by atoms with E-state index in [1.807, 2.05) is 55.6 Å². The summed E-state index contributed by atoms with van der Waals surface area (Å²) in [4.78, 5) is 8.69. The van der Waals surface area contributed by atoms with Crippen LogP contribution in [0.5, 0.6) is 11.5 Å². The first-order chi connectivity index (χ1) is 13.2. The van der Waals surface area contributed by atoms with Crippen LogP contribution >= 0.6 is 12.1 Å². The Hall–Kier alpha value is -2.97. The number of benzene rings is 2. The van der Waals surface area contributed by atoms with Crippen molar-refractivity contribution < 1.29 is 9.47 Å². The molecule has 3 aromatic rings. The molecule has 0 aliphatic rings. The molecule has 0 saturated carbocycles. The maximum Gasteiger partial charge on any atom is 0.142 e. The van der Waals surface area contributed by atoms with Crippen LogP contribution in [0.4, 0.5) is 17.2 Å². The molecule has 8 heteroatoms. The first-order valence-corrected chi connectivity index (χ1v) is 9.06. The molecule has 1 aromatic heterocycles. The number of nitrogens with zero attached hydrogens (tertiary/aromatic N) is 2. The maximum absolute atomic E-state index is 5.43. The fourth-order valence-corrected chi connectivity index (χ4v) is 2.92. The third-order valence-electron chi connectivity index (χ3n) is 3.78. The lowest BCUT2D eigenvalue weighted by Gasteiger charge is -2.13. The third kappa shape index (κ3) is 4.60. The van der Waals surface area contributed by atoms with Crippen LogP contribution in [0.3, 0.4) is 0 Å². The molecule has 1 heterocycles. The van der Waals surface area contributed by atoms with Crippen LogP contribution in [0.15, 0.2) is 54.9 Å². The van der Waals surface area contributed by atoms with Crippen molar-refractivity contribution in [2.75, 3.05) is 31.3 Å². The minimum Gasteiger partial charge on any atom is -0.496 e. The molecule has 2 aromatic carbocycles. The second-order valence-corrected chi connectivity index (χ2v) is 6.25. The van der Waals surface area contributed by atoms with Gasteiger partial charge in [-0.25, -0.2) is 14.7 Å². The molecule has 0 saturated heterocycles. The average Bonchev–Trinajstić information content (AvgIpc) is 2.72. The average molecular weight is 383 g/mol. The van der Waals surface area contributed by atoms with E-state index in [-0.39, 0.29) is 0 Å². The van der Waals surface area contributed by atoms with Gasteiger partial charge >= 0.3 is 0 Å². The molecule has 0 atom stereocenters. The fourth-order valence-electron chi connectivity index (χ4n) is 2.55. The number of hydrogen-bond acceptors (Lipinski definition) is 8. The Balaban J connectivity index is 1.86. The molecular formula is C19H21N5O2S. The van der Waals surface area contributed by atoms with Crippen LogP contribution in [-0.2, 0) is 0 Å². The molecule has 3 N–H and O–H groups in total.